The highest BCUT2D eigenvalue weighted by Crippen LogP contribution is 2.35. The van der Waals surface area contributed by atoms with E-state index in [1.54, 1.807) is 0 Å². The largest absolute Gasteiger partial charge is 0.396 e. The molecule has 0 aliphatic rings. The number of carbonyl (C=O) groups excluding carboxylic acids is 1. The lowest BCUT2D eigenvalue weighted by Gasteiger charge is -2.25. The number of nitrogens with zero attached hydrogens (tertiary/aromatic N) is 1. The van der Waals surface area contributed by atoms with Gasteiger partial charge in [-0.2, -0.15) is 0 Å². The van der Waals surface area contributed by atoms with Crippen LogP contribution in [0.2, 0.25) is 5.02 Å². The number of thiocarbonyl (C=S) groups is 1. The minimum absolute atomic E-state index is 0.123. The summed E-state index contributed by atoms with van der Waals surface area (Å²) < 4.78 is 0.960. The molecule has 0 aliphatic heterocycles. The Hall–Kier alpha value is -1.99. The van der Waals surface area contributed by atoms with E-state index in [9.17, 15) is 4.79 Å². The highest BCUT2D eigenvalue weighted by molar-refractivity contribution is 7.80. The van der Waals surface area contributed by atoms with E-state index in [1.807, 2.05) is 60.4 Å². The van der Waals surface area contributed by atoms with Gasteiger partial charge in [0.2, 0.25) is 0 Å². The van der Waals surface area contributed by atoms with Crippen molar-refractivity contribution in [3.63, 3.8) is 0 Å². The molecule has 0 bridgehead atoms. The normalized spacial score (nSPS) is 10.8. The Morgan fingerprint density at radius 3 is 2.57 bits per heavy atom. The van der Waals surface area contributed by atoms with Crippen LogP contribution >= 0.6 is 35.2 Å². The van der Waals surface area contributed by atoms with Crippen molar-refractivity contribution in [2.75, 3.05) is 18.1 Å². The van der Waals surface area contributed by atoms with Crippen LogP contribution in [0, 0.1) is 6.92 Å². The van der Waals surface area contributed by atoms with Crippen molar-refractivity contribution in [2.45, 2.75) is 19.8 Å². The number of amides is 1. The van der Waals surface area contributed by atoms with Crippen LogP contribution in [-0.4, -0.2) is 29.3 Å². The summed E-state index contributed by atoms with van der Waals surface area (Å²) in [6.45, 7) is 2.74. The zero-order chi connectivity index (χ0) is 20.1. The molecule has 0 aliphatic carbocycles. The third-order valence-electron chi connectivity index (χ3n) is 4.34. The molecule has 0 spiro atoms. The van der Waals surface area contributed by atoms with Crippen molar-refractivity contribution in [1.29, 1.82) is 0 Å². The predicted octanol–water partition coefficient (Wildman–Crippen LogP) is 5.16. The molecule has 2 aromatic carbocycles. The molecule has 4 nitrogen and oxygen atoms in total. The van der Waals surface area contributed by atoms with E-state index in [-0.39, 0.29) is 12.5 Å². The van der Waals surface area contributed by atoms with E-state index >= 15 is 0 Å². The van der Waals surface area contributed by atoms with Crippen molar-refractivity contribution in [1.82, 2.24) is 5.32 Å². The summed E-state index contributed by atoms with van der Waals surface area (Å²) in [6, 6.07) is 15.6. The number of unbranched alkanes of at least 4 members (excludes halogenated alkanes) is 1. The average Bonchev–Trinajstić information content (AvgIpc) is 3.03. The number of aliphatic hydroxyl groups excluding tert-OH is 1. The lowest BCUT2D eigenvalue weighted by atomic mass is 10.2. The van der Waals surface area contributed by atoms with Gasteiger partial charge in [0.05, 0.1) is 5.02 Å². The molecule has 0 saturated carbocycles. The molecule has 3 aromatic rings. The number of halogens is 1. The quantitative estimate of drug-likeness (QED) is 0.417. The Kier molecular flexibility index (Phi) is 7.02. The molecular weight excluding hydrogens is 412 g/mol. The third-order valence-corrected chi connectivity index (χ3v) is 6.34. The number of aliphatic hydroxyl groups is 1. The molecule has 7 heteroatoms. The summed E-state index contributed by atoms with van der Waals surface area (Å²) in [6.07, 6.45) is 1.42. The highest BCUT2D eigenvalue weighted by Gasteiger charge is 2.20. The van der Waals surface area contributed by atoms with E-state index in [0.29, 0.717) is 28.0 Å². The van der Waals surface area contributed by atoms with Crippen LogP contribution in [-0.2, 0) is 0 Å². The Labute approximate surface area is 178 Å². The molecule has 0 fully saturated rings. The summed E-state index contributed by atoms with van der Waals surface area (Å²) in [5.41, 5.74) is 2.04. The molecule has 0 radical (unpaired) electrons. The van der Waals surface area contributed by atoms with Gasteiger partial charge in [-0.3, -0.25) is 10.1 Å². The maximum Gasteiger partial charge on any atom is 0.269 e. The molecule has 28 heavy (non-hydrogen) atoms. The van der Waals surface area contributed by atoms with Gasteiger partial charge in [0.25, 0.3) is 5.91 Å². The first-order valence-corrected chi connectivity index (χ1v) is 10.6. The lowest BCUT2D eigenvalue weighted by Crippen LogP contribution is -2.43. The summed E-state index contributed by atoms with van der Waals surface area (Å²) in [4.78, 5) is 15.2. The minimum atomic E-state index is -0.310. The molecule has 1 aromatic heterocycles. The number of rotatable bonds is 6. The van der Waals surface area contributed by atoms with Gasteiger partial charge in [-0.25, -0.2) is 0 Å². The molecule has 0 unspecified atom stereocenters. The predicted molar refractivity (Wildman–Crippen MR) is 122 cm³/mol. The van der Waals surface area contributed by atoms with Crippen LogP contribution in [0.25, 0.3) is 10.1 Å². The van der Waals surface area contributed by atoms with Crippen LogP contribution < -0.4 is 10.2 Å². The fourth-order valence-corrected chi connectivity index (χ4v) is 4.54. The zero-order valence-electron chi connectivity index (χ0n) is 15.4. The van der Waals surface area contributed by atoms with Gasteiger partial charge in [0.15, 0.2) is 5.11 Å². The van der Waals surface area contributed by atoms with Gasteiger partial charge in [0.1, 0.15) is 4.88 Å². The van der Waals surface area contributed by atoms with Crippen LogP contribution in [0.15, 0.2) is 48.5 Å². The van der Waals surface area contributed by atoms with Crippen LogP contribution in [0.4, 0.5) is 5.69 Å². The number of anilines is 1. The van der Waals surface area contributed by atoms with E-state index < -0.39 is 0 Å². The van der Waals surface area contributed by atoms with Crippen LogP contribution in [0.1, 0.15) is 28.1 Å². The van der Waals surface area contributed by atoms with Crippen LogP contribution in [0.5, 0.6) is 0 Å². The number of hydrogen-bond acceptors (Lipinski definition) is 4. The Morgan fingerprint density at radius 2 is 1.89 bits per heavy atom. The topological polar surface area (TPSA) is 52.6 Å². The molecule has 2 N–H and O–H groups in total. The number of nitrogens with one attached hydrogen (secondary N) is 1. The number of fused-ring (bicyclic) bond motifs is 1. The standard InChI is InChI=1S/C21H21ClN2O2S2/c1-14-8-10-15(11-9-14)24(12-4-5-13-25)21(27)23-20(26)19-18(22)16-6-2-3-7-17(16)28-19/h2-3,6-11,25H,4-5,12-13H2,1H3,(H,23,26,27). The van der Waals surface area contributed by atoms with Gasteiger partial charge < -0.3 is 10.0 Å². The Bertz CT molecular complexity index is 986. The summed E-state index contributed by atoms with van der Waals surface area (Å²) >= 11 is 13.3. The molecule has 0 atom stereocenters. The summed E-state index contributed by atoms with van der Waals surface area (Å²) in [7, 11) is 0. The first kappa shape index (κ1) is 20.7. The summed E-state index contributed by atoms with van der Waals surface area (Å²) in [5, 5.41) is 13.5. The van der Waals surface area contributed by atoms with Gasteiger partial charge in [-0.15, -0.1) is 11.3 Å². The fraction of sp³-hybridized carbons (Fsp3) is 0.238. The number of benzene rings is 2. The van der Waals surface area contributed by atoms with E-state index in [2.05, 4.69) is 5.32 Å². The fourth-order valence-electron chi connectivity index (χ4n) is 2.84. The second-order valence-electron chi connectivity index (χ2n) is 6.42. The third kappa shape index (κ3) is 4.70. The SMILES string of the molecule is Cc1ccc(N(CCCCO)C(=S)NC(=O)c2sc3ccccc3c2Cl)cc1. The average molecular weight is 433 g/mol. The number of hydrogen-bond donors (Lipinski definition) is 2. The molecule has 0 saturated heterocycles. The second-order valence-corrected chi connectivity index (χ2v) is 8.24. The maximum absolute atomic E-state index is 12.8. The minimum Gasteiger partial charge on any atom is -0.396 e. The van der Waals surface area contributed by atoms with Crippen molar-refractivity contribution in [3.05, 3.63) is 64.0 Å². The van der Waals surface area contributed by atoms with Gasteiger partial charge in [-0.05, 0) is 50.2 Å². The van der Waals surface area contributed by atoms with E-state index in [4.69, 9.17) is 28.9 Å². The molecule has 1 amide bonds. The first-order valence-electron chi connectivity index (χ1n) is 8.98. The van der Waals surface area contributed by atoms with Gasteiger partial charge >= 0.3 is 0 Å². The summed E-state index contributed by atoms with van der Waals surface area (Å²) in [5.74, 6) is -0.310. The lowest BCUT2D eigenvalue weighted by molar-refractivity contribution is 0.0981. The van der Waals surface area contributed by atoms with E-state index in [0.717, 1.165) is 27.8 Å². The smallest absolute Gasteiger partial charge is 0.269 e. The molecular formula is C21H21ClN2O2S2. The first-order chi connectivity index (χ1) is 13.5. The van der Waals surface area contributed by atoms with Gasteiger partial charge in [-0.1, -0.05) is 47.5 Å². The highest BCUT2D eigenvalue weighted by atomic mass is 35.5. The number of carbonyl (C=O) groups is 1. The maximum atomic E-state index is 12.8. The van der Waals surface area contributed by atoms with E-state index in [1.165, 1.54) is 11.3 Å². The van der Waals surface area contributed by atoms with Crippen molar-refractivity contribution >= 4 is 61.9 Å². The van der Waals surface area contributed by atoms with Crippen LogP contribution in [0.3, 0.4) is 0 Å². The van der Waals surface area contributed by atoms with Gasteiger partial charge in [0, 0.05) is 28.9 Å². The number of thiophene rings is 1. The molecule has 3 rings (SSSR count). The number of aryl methyl sites for hydroxylation is 1. The van der Waals surface area contributed by atoms with Crippen molar-refractivity contribution in [3.8, 4) is 0 Å². The molecule has 146 valence electrons. The van der Waals surface area contributed by atoms with Crippen molar-refractivity contribution in [2.24, 2.45) is 0 Å². The Morgan fingerprint density at radius 1 is 1.18 bits per heavy atom. The monoisotopic (exact) mass is 432 g/mol. The second kappa shape index (κ2) is 9.47. The van der Waals surface area contributed by atoms with Crippen molar-refractivity contribution < 1.29 is 9.90 Å². The zero-order valence-corrected chi connectivity index (χ0v) is 17.8. The Balaban J connectivity index is 1.80. The molecule has 1 heterocycles.